The summed E-state index contributed by atoms with van der Waals surface area (Å²) in [5, 5.41) is 15.8. The molecule has 3 aromatic rings. The van der Waals surface area contributed by atoms with E-state index in [2.05, 4.69) is 25.9 Å². The van der Waals surface area contributed by atoms with Crippen LogP contribution in [0.2, 0.25) is 0 Å². The highest BCUT2D eigenvalue weighted by Gasteiger charge is 2.09. The molecule has 0 unspecified atom stereocenters. The normalized spacial score (nSPS) is 10.6. The molecule has 0 saturated carbocycles. The number of carbonyl (C=O) groups is 1. The number of nitrogens with zero attached hydrogens (tertiary/aromatic N) is 3. The summed E-state index contributed by atoms with van der Waals surface area (Å²) in [6.45, 7) is 3.69. The molecule has 23 heavy (non-hydrogen) atoms. The van der Waals surface area contributed by atoms with Crippen LogP contribution in [0.3, 0.4) is 0 Å². The molecule has 2 aromatic heterocycles. The molecule has 0 saturated heterocycles. The summed E-state index contributed by atoms with van der Waals surface area (Å²) in [5.74, 6) is -0.0920. The fourth-order valence-corrected chi connectivity index (χ4v) is 2.08. The fourth-order valence-electron chi connectivity index (χ4n) is 2.08. The standard InChI is InChI=1S/C15H15FN6O/c1-9-7-17-22(8-9)13-4-3-11(6-12(13)16)18-15(23)19-14-5-10(2)20-21-14/h3-8H,1-2H3,(H3,18,19,20,21,23). The van der Waals surface area contributed by atoms with E-state index in [1.807, 2.05) is 13.8 Å². The van der Waals surface area contributed by atoms with E-state index in [-0.39, 0.29) is 0 Å². The molecule has 0 fully saturated rings. The van der Waals surface area contributed by atoms with Crippen LogP contribution < -0.4 is 10.6 Å². The van der Waals surface area contributed by atoms with Gasteiger partial charge in [0, 0.05) is 23.6 Å². The second-order valence-electron chi connectivity index (χ2n) is 5.14. The molecular weight excluding hydrogens is 299 g/mol. The number of hydrogen-bond acceptors (Lipinski definition) is 3. The molecule has 0 aliphatic heterocycles. The minimum atomic E-state index is -0.501. The molecule has 7 nitrogen and oxygen atoms in total. The van der Waals surface area contributed by atoms with Crippen molar-refractivity contribution >= 4 is 17.5 Å². The molecule has 0 radical (unpaired) electrons. The summed E-state index contributed by atoms with van der Waals surface area (Å²) in [4.78, 5) is 11.8. The minimum Gasteiger partial charge on any atom is -0.308 e. The lowest BCUT2D eigenvalue weighted by Gasteiger charge is -2.08. The monoisotopic (exact) mass is 314 g/mol. The van der Waals surface area contributed by atoms with Crippen LogP contribution in [0.15, 0.2) is 36.7 Å². The number of hydrogen-bond donors (Lipinski definition) is 3. The number of halogens is 1. The van der Waals surface area contributed by atoms with E-state index in [0.29, 0.717) is 17.2 Å². The number of aromatic nitrogens is 4. The van der Waals surface area contributed by atoms with E-state index in [4.69, 9.17) is 0 Å². The second-order valence-corrected chi connectivity index (χ2v) is 5.14. The van der Waals surface area contributed by atoms with Gasteiger partial charge in [0.15, 0.2) is 11.6 Å². The number of rotatable bonds is 3. The molecule has 0 spiro atoms. The lowest BCUT2D eigenvalue weighted by Crippen LogP contribution is -2.19. The van der Waals surface area contributed by atoms with Gasteiger partial charge in [0.05, 0.1) is 6.20 Å². The van der Waals surface area contributed by atoms with Gasteiger partial charge in [-0.15, -0.1) is 0 Å². The number of H-pyrrole nitrogens is 1. The van der Waals surface area contributed by atoms with Gasteiger partial charge in [-0.2, -0.15) is 10.2 Å². The van der Waals surface area contributed by atoms with Crippen LogP contribution in [0, 0.1) is 19.7 Å². The van der Waals surface area contributed by atoms with Crippen LogP contribution in [0.1, 0.15) is 11.3 Å². The summed E-state index contributed by atoms with van der Waals surface area (Å²) >= 11 is 0. The highest BCUT2D eigenvalue weighted by Crippen LogP contribution is 2.18. The Balaban J connectivity index is 1.71. The van der Waals surface area contributed by atoms with Crippen LogP contribution >= 0.6 is 0 Å². The average molecular weight is 314 g/mol. The molecule has 3 N–H and O–H groups in total. The number of nitrogens with one attached hydrogen (secondary N) is 3. The Morgan fingerprint density at radius 2 is 2.09 bits per heavy atom. The largest absolute Gasteiger partial charge is 0.324 e. The first-order valence-corrected chi connectivity index (χ1v) is 6.92. The van der Waals surface area contributed by atoms with E-state index < -0.39 is 11.8 Å². The summed E-state index contributed by atoms with van der Waals surface area (Å²) in [7, 11) is 0. The third-order valence-corrected chi connectivity index (χ3v) is 3.11. The quantitative estimate of drug-likeness (QED) is 0.694. The van der Waals surface area contributed by atoms with E-state index >= 15 is 0 Å². The van der Waals surface area contributed by atoms with Crippen molar-refractivity contribution in [2.75, 3.05) is 10.6 Å². The number of aryl methyl sites for hydroxylation is 2. The van der Waals surface area contributed by atoms with Gasteiger partial charge in [0.1, 0.15) is 5.69 Å². The molecule has 0 atom stereocenters. The first-order valence-electron chi connectivity index (χ1n) is 6.92. The van der Waals surface area contributed by atoms with Crippen LogP contribution in [0.25, 0.3) is 5.69 Å². The van der Waals surface area contributed by atoms with Gasteiger partial charge in [-0.3, -0.25) is 10.4 Å². The van der Waals surface area contributed by atoms with Crippen molar-refractivity contribution in [1.29, 1.82) is 0 Å². The molecule has 1 aromatic carbocycles. The first kappa shape index (κ1) is 14.8. The minimum absolute atomic E-state index is 0.312. The Kier molecular flexibility index (Phi) is 3.80. The predicted molar refractivity (Wildman–Crippen MR) is 84.2 cm³/mol. The first-order chi connectivity index (χ1) is 11.0. The number of urea groups is 1. The molecular formula is C15H15FN6O. The Bertz CT molecular complexity index is 853. The van der Waals surface area contributed by atoms with Crippen LogP contribution in [-0.4, -0.2) is 26.0 Å². The number of carbonyl (C=O) groups excluding carboxylic acids is 1. The third-order valence-electron chi connectivity index (χ3n) is 3.11. The molecule has 0 aliphatic rings. The van der Waals surface area contributed by atoms with Gasteiger partial charge in [0.25, 0.3) is 0 Å². The van der Waals surface area contributed by atoms with Crippen LogP contribution in [-0.2, 0) is 0 Å². The number of benzene rings is 1. The van der Waals surface area contributed by atoms with E-state index in [1.54, 1.807) is 30.6 Å². The predicted octanol–water partition coefficient (Wildman–Crippen LogP) is 3.00. The number of anilines is 2. The zero-order valence-electron chi connectivity index (χ0n) is 12.6. The van der Waals surface area contributed by atoms with Crippen molar-refractivity contribution in [3.05, 3.63) is 53.7 Å². The van der Waals surface area contributed by atoms with Gasteiger partial charge >= 0.3 is 6.03 Å². The lowest BCUT2D eigenvalue weighted by atomic mass is 10.2. The number of amides is 2. The van der Waals surface area contributed by atoms with Gasteiger partial charge < -0.3 is 5.32 Å². The molecule has 8 heteroatoms. The highest BCUT2D eigenvalue weighted by atomic mass is 19.1. The van der Waals surface area contributed by atoms with Crippen LogP contribution in [0.4, 0.5) is 20.7 Å². The summed E-state index contributed by atoms with van der Waals surface area (Å²) in [5.41, 5.74) is 2.40. The molecule has 118 valence electrons. The Morgan fingerprint density at radius 1 is 1.26 bits per heavy atom. The maximum absolute atomic E-state index is 14.2. The molecule has 2 amide bonds. The van der Waals surface area contributed by atoms with Gasteiger partial charge in [0.2, 0.25) is 0 Å². The average Bonchev–Trinajstić information content (AvgIpc) is 3.08. The number of aromatic amines is 1. The van der Waals surface area contributed by atoms with Crippen molar-refractivity contribution < 1.29 is 9.18 Å². The highest BCUT2D eigenvalue weighted by molar-refractivity contribution is 5.99. The molecule has 2 heterocycles. The summed E-state index contributed by atoms with van der Waals surface area (Å²) < 4.78 is 15.6. The Morgan fingerprint density at radius 3 is 2.70 bits per heavy atom. The van der Waals surface area contributed by atoms with Gasteiger partial charge in [-0.1, -0.05) is 0 Å². The van der Waals surface area contributed by atoms with E-state index in [0.717, 1.165) is 11.3 Å². The Hall–Kier alpha value is -3.16. The van der Waals surface area contributed by atoms with Crippen molar-refractivity contribution in [2.24, 2.45) is 0 Å². The zero-order chi connectivity index (χ0) is 16.4. The zero-order valence-corrected chi connectivity index (χ0v) is 12.6. The molecule has 3 rings (SSSR count). The molecule has 0 bridgehead atoms. The van der Waals surface area contributed by atoms with Gasteiger partial charge in [-0.05, 0) is 37.6 Å². The van der Waals surface area contributed by atoms with E-state index in [1.165, 1.54) is 10.7 Å². The van der Waals surface area contributed by atoms with Crippen molar-refractivity contribution in [3.63, 3.8) is 0 Å². The smallest absolute Gasteiger partial charge is 0.308 e. The third kappa shape index (κ3) is 3.37. The van der Waals surface area contributed by atoms with Crippen molar-refractivity contribution in [2.45, 2.75) is 13.8 Å². The second kappa shape index (κ2) is 5.91. The molecule has 0 aliphatic carbocycles. The van der Waals surface area contributed by atoms with Crippen molar-refractivity contribution in [3.8, 4) is 5.69 Å². The van der Waals surface area contributed by atoms with Crippen LogP contribution in [0.5, 0.6) is 0 Å². The lowest BCUT2D eigenvalue weighted by molar-refractivity contribution is 0.262. The van der Waals surface area contributed by atoms with E-state index in [9.17, 15) is 9.18 Å². The summed E-state index contributed by atoms with van der Waals surface area (Å²) in [6, 6.07) is 5.57. The maximum Gasteiger partial charge on any atom is 0.324 e. The fraction of sp³-hybridized carbons (Fsp3) is 0.133. The Labute approximate surface area is 131 Å². The SMILES string of the molecule is Cc1cnn(-c2ccc(NC(=O)Nc3cc(C)[nH]n3)cc2F)c1. The maximum atomic E-state index is 14.2. The topological polar surface area (TPSA) is 87.6 Å². The van der Waals surface area contributed by atoms with Crippen molar-refractivity contribution in [1.82, 2.24) is 20.0 Å². The van der Waals surface area contributed by atoms with Gasteiger partial charge in [-0.25, -0.2) is 13.9 Å². The summed E-state index contributed by atoms with van der Waals surface area (Å²) in [6.07, 6.45) is 3.36.